The summed E-state index contributed by atoms with van der Waals surface area (Å²) in [5, 5.41) is 11.7. The second kappa shape index (κ2) is 8.12. The Morgan fingerprint density at radius 1 is 1.43 bits per heavy atom. The summed E-state index contributed by atoms with van der Waals surface area (Å²) in [6.07, 6.45) is 3.02. The van der Waals surface area contributed by atoms with Crippen LogP contribution in [0.5, 0.6) is 11.5 Å². The molecule has 0 aliphatic carbocycles. The fraction of sp³-hybridized carbons (Fsp3) is 0.200. The number of nitriles is 1. The first-order chi connectivity index (χ1) is 10.1. The largest absolute Gasteiger partial charge is 0.493 e. The van der Waals surface area contributed by atoms with Crippen molar-refractivity contribution in [2.45, 2.75) is 0 Å². The second-order valence-electron chi connectivity index (χ2n) is 3.90. The number of hydrogen-bond donors (Lipinski definition) is 1. The van der Waals surface area contributed by atoms with E-state index in [-0.39, 0.29) is 5.57 Å². The van der Waals surface area contributed by atoms with Gasteiger partial charge in [0.2, 0.25) is 0 Å². The molecule has 1 rings (SSSR count). The Kier molecular flexibility index (Phi) is 6.50. The maximum Gasteiger partial charge on any atom is 0.262 e. The molecule has 0 aliphatic rings. The molecule has 0 aromatic heterocycles. The van der Waals surface area contributed by atoms with E-state index in [1.165, 1.54) is 20.3 Å². The van der Waals surface area contributed by atoms with Crippen molar-refractivity contribution in [1.82, 2.24) is 5.32 Å². The molecule has 1 aromatic rings. The number of halogens is 1. The lowest BCUT2D eigenvalue weighted by atomic mass is 10.1. The van der Waals surface area contributed by atoms with Gasteiger partial charge in [-0.2, -0.15) is 5.26 Å². The average molecular weight is 351 g/mol. The molecular formula is C15H15BrN2O3. The van der Waals surface area contributed by atoms with E-state index in [9.17, 15) is 4.79 Å². The van der Waals surface area contributed by atoms with E-state index in [0.717, 1.165) is 0 Å². The number of carbonyl (C=O) groups excluding carboxylic acids is 1. The number of rotatable bonds is 6. The highest BCUT2D eigenvalue weighted by molar-refractivity contribution is 9.10. The van der Waals surface area contributed by atoms with Gasteiger partial charge in [-0.15, -0.1) is 6.58 Å². The Morgan fingerprint density at radius 2 is 2.05 bits per heavy atom. The van der Waals surface area contributed by atoms with E-state index < -0.39 is 5.91 Å². The maximum atomic E-state index is 11.8. The minimum absolute atomic E-state index is 0.00947. The molecule has 0 saturated heterocycles. The number of carbonyl (C=O) groups is 1. The molecule has 0 atom stereocenters. The summed E-state index contributed by atoms with van der Waals surface area (Å²) >= 11 is 3.37. The molecule has 21 heavy (non-hydrogen) atoms. The molecule has 6 heteroatoms. The standard InChI is InChI=1S/C15H15BrN2O3/c1-4-5-18-15(19)11(9-17)6-10-7-13(20-2)14(21-3)8-12(10)16/h4,6-8H,1,5H2,2-3H3,(H,18,19)/b11-6+. The third kappa shape index (κ3) is 4.36. The molecule has 5 nitrogen and oxygen atoms in total. The Morgan fingerprint density at radius 3 is 2.57 bits per heavy atom. The summed E-state index contributed by atoms with van der Waals surface area (Å²) in [5.41, 5.74) is 0.628. The Labute approximate surface area is 132 Å². The lowest BCUT2D eigenvalue weighted by molar-refractivity contribution is -0.116. The first kappa shape index (κ1) is 16.8. The van der Waals surface area contributed by atoms with Gasteiger partial charge in [0.15, 0.2) is 11.5 Å². The van der Waals surface area contributed by atoms with Crippen LogP contribution in [0, 0.1) is 11.3 Å². The zero-order valence-corrected chi connectivity index (χ0v) is 13.4. The van der Waals surface area contributed by atoms with Crippen molar-refractivity contribution in [3.63, 3.8) is 0 Å². The van der Waals surface area contributed by atoms with Crippen LogP contribution in [0.1, 0.15) is 5.56 Å². The van der Waals surface area contributed by atoms with Crippen molar-refractivity contribution < 1.29 is 14.3 Å². The number of hydrogen-bond acceptors (Lipinski definition) is 4. The van der Waals surface area contributed by atoms with Gasteiger partial charge < -0.3 is 14.8 Å². The quantitative estimate of drug-likeness (QED) is 0.486. The van der Waals surface area contributed by atoms with Crippen LogP contribution in [-0.2, 0) is 4.79 Å². The van der Waals surface area contributed by atoms with E-state index in [1.54, 1.807) is 18.2 Å². The molecule has 1 aromatic carbocycles. The van der Waals surface area contributed by atoms with Crippen molar-refractivity contribution in [2.24, 2.45) is 0 Å². The maximum absolute atomic E-state index is 11.8. The molecule has 1 N–H and O–H groups in total. The highest BCUT2D eigenvalue weighted by atomic mass is 79.9. The fourth-order valence-electron chi connectivity index (χ4n) is 1.54. The summed E-state index contributed by atoms with van der Waals surface area (Å²) in [4.78, 5) is 11.8. The molecule has 0 saturated carbocycles. The van der Waals surface area contributed by atoms with Crippen molar-refractivity contribution in [3.8, 4) is 17.6 Å². The highest BCUT2D eigenvalue weighted by Crippen LogP contribution is 2.34. The number of benzene rings is 1. The van der Waals surface area contributed by atoms with Gasteiger partial charge in [-0.3, -0.25) is 4.79 Å². The van der Waals surface area contributed by atoms with Crippen LogP contribution in [-0.4, -0.2) is 26.7 Å². The smallest absolute Gasteiger partial charge is 0.262 e. The van der Waals surface area contributed by atoms with Crippen LogP contribution < -0.4 is 14.8 Å². The second-order valence-corrected chi connectivity index (χ2v) is 4.75. The van der Waals surface area contributed by atoms with Crippen LogP contribution in [0.4, 0.5) is 0 Å². The molecule has 0 radical (unpaired) electrons. The number of methoxy groups -OCH3 is 2. The summed E-state index contributed by atoms with van der Waals surface area (Å²) in [6, 6.07) is 5.27. The average Bonchev–Trinajstić information content (AvgIpc) is 2.50. The summed E-state index contributed by atoms with van der Waals surface area (Å²) < 4.78 is 11.1. The van der Waals surface area contributed by atoms with Crippen molar-refractivity contribution in [1.29, 1.82) is 5.26 Å². The van der Waals surface area contributed by atoms with Crippen LogP contribution in [0.3, 0.4) is 0 Å². The predicted molar refractivity (Wildman–Crippen MR) is 84.0 cm³/mol. The fourth-order valence-corrected chi connectivity index (χ4v) is 1.98. The zero-order chi connectivity index (χ0) is 15.8. The summed E-state index contributed by atoms with van der Waals surface area (Å²) in [6.45, 7) is 3.80. The van der Waals surface area contributed by atoms with Gasteiger partial charge in [-0.1, -0.05) is 22.0 Å². The van der Waals surface area contributed by atoms with E-state index >= 15 is 0 Å². The molecule has 0 fully saturated rings. The lowest BCUT2D eigenvalue weighted by Crippen LogP contribution is -2.24. The van der Waals surface area contributed by atoms with Gasteiger partial charge in [0, 0.05) is 11.0 Å². The molecule has 0 aliphatic heterocycles. The van der Waals surface area contributed by atoms with E-state index in [0.29, 0.717) is 28.1 Å². The number of nitrogens with zero attached hydrogens (tertiary/aromatic N) is 1. The molecule has 110 valence electrons. The number of nitrogens with one attached hydrogen (secondary N) is 1. The molecule has 0 unspecified atom stereocenters. The molecule has 0 bridgehead atoms. The third-order valence-electron chi connectivity index (χ3n) is 2.57. The topological polar surface area (TPSA) is 71.4 Å². The number of ether oxygens (including phenoxy) is 2. The molecular weight excluding hydrogens is 336 g/mol. The van der Waals surface area contributed by atoms with Gasteiger partial charge in [0.05, 0.1) is 14.2 Å². The summed E-state index contributed by atoms with van der Waals surface area (Å²) in [5.74, 6) is 0.603. The van der Waals surface area contributed by atoms with Gasteiger partial charge in [-0.05, 0) is 23.8 Å². The molecule has 1 amide bonds. The Balaban J connectivity index is 3.20. The van der Waals surface area contributed by atoms with E-state index in [2.05, 4.69) is 27.8 Å². The van der Waals surface area contributed by atoms with Crippen LogP contribution in [0.15, 0.2) is 34.8 Å². The Hall–Kier alpha value is -2.26. The van der Waals surface area contributed by atoms with Crippen LogP contribution in [0.2, 0.25) is 0 Å². The van der Waals surface area contributed by atoms with Crippen LogP contribution >= 0.6 is 15.9 Å². The number of amides is 1. The first-order valence-corrected chi connectivity index (χ1v) is 6.79. The summed E-state index contributed by atoms with van der Waals surface area (Å²) in [7, 11) is 3.05. The van der Waals surface area contributed by atoms with Gasteiger partial charge in [-0.25, -0.2) is 0 Å². The molecule has 0 spiro atoms. The van der Waals surface area contributed by atoms with Crippen molar-refractivity contribution in [3.05, 3.63) is 40.4 Å². The lowest BCUT2D eigenvalue weighted by Gasteiger charge is -2.10. The molecule has 0 heterocycles. The normalized spacial score (nSPS) is 10.5. The highest BCUT2D eigenvalue weighted by Gasteiger charge is 2.12. The van der Waals surface area contributed by atoms with Crippen molar-refractivity contribution >= 4 is 27.9 Å². The predicted octanol–water partition coefficient (Wildman–Crippen LogP) is 2.68. The zero-order valence-electron chi connectivity index (χ0n) is 11.8. The van der Waals surface area contributed by atoms with Crippen LogP contribution in [0.25, 0.3) is 6.08 Å². The van der Waals surface area contributed by atoms with E-state index in [4.69, 9.17) is 14.7 Å². The van der Waals surface area contributed by atoms with Crippen molar-refractivity contribution in [2.75, 3.05) is 20.8 Å². The Bertz CT molecular complexity index is 618. The SMILES string of the molecule is C=CCNC(=O)/C(C#N)=C/c1cc(OC)c(OC)cc1Br. The van der Waals surface area contributed by atoms with Gasteiger partial charge >= 0.3 is 0 Å². The minimum Gasteiger partial charge on any atom is -0.493 e. The first-order valence-electron chi connectivity index (χ1n) is 5.99. The monoisotopic (exact) mass is 350 g/mol. The van der Waals surface area contributed by atoms with E-state index in [1.807, 2.05) is 6.07 Å². The van der Waals surface area contributed by atoms with Gasteiger partial charge in [0.25, 0.3) is 5.91 Å². The minimum atomic E-state index is -0.459. The van der Waals surface area contributed by atoms with Gasteiger partial charge in [0.1, 0.15) is 11.6 Å². The third-order valence-corrected chi connectivity index (χ3v) is 3.26.